The number of benzene rings is 1. The number of fused-ring (bicyclic) bond motifs is 2. The van der Waals surface area contributed by atoms with Gasteiger partial charge in [0.15, 0.2) is 11.5 Å². The summed E-state index contributed by atoms with van der Waals surface area (Å²) in [5.41, 5.74) is 4.95. The zero-order chi connectivity index (χ0) is 16.7. The van der Waals surface area contributed by atoms with Gasteiger partial charge in [-0.25, -0.2) is 15.0 Å². The molecule has 24 heavy (non-hydrogen) atoms. The van der Waals surface area contributed by atoms with Gasteiger partial charge in [-0.1, -0.05) is 17.7 Å². The summed E-state index contributed by atoms with van der Waals surface area (Å²) in [6, 6.07) is 10.4. The second kappa shape index (κ2) is 5.53. The normalized spacial score (nSPS) is 11.8. The predicted molar refractivity (Wildman–Crippen MR) is 95.7 cm³/mol. The molecule has 0 fully saturated rings. The number of aromatic nitrogens is 5. The SMILES string of the molecule is Cc1ccc2nc(/C=C/c3nc4c(C)cnc(C)n4n3)ccc2c1. The summed E-state index contributed by atoms with van der Waals surface area (Å²) < 4.78 is 1.77. The Labute approximate surface area is 139 Å². The zero-order valence-corrected chi connectivity index (χ0v) is 13.9. The molecule has 4 rings (SSSR count). The Kier molecular flexibility index (Phi) is 3.34. The van der Waals surface area contributed by atoms with Gasteiger partial charge < -0.3 is 0 Å². The minimum absolute atomic E-state index is 0.653. The highest BCUT2D eigenvalue weighted by Crippen LogP contribution is 2.16. The minimum atomic E-state index is 0.653. The third kappa shape index (κ3) is 2.54. The lowest BCUT2D eigenvalue weighted by atomic mass is 10.1. The first kappa shape index (κ1) is 14.5. The molecule has 118 valence electrons. The van der Waals surface area contributed by atoms with E-state index in [1.54, 1.807) is 4.52 Å². The minimum Gasteiger partial charge on any atom is -0.248 e. The average Bonchev–Trinajstić information content (AvgIpc) is 3.02. The van der Waals surface area contributed by atoms with Crippen LogP contribution in [0.4, 0.5) is 0 Å². The van der Waals surface area contributed by atoms with Gasteiger partial charge in [0.1, 0.15) is 5.82 Å². The lowest BCUT2D eigenvalue weighted by Gasteiger charge is -2.00. The van der Waals surface area contributed by atoms with Crippen LogP contribution < -0.4 is 0 Å². The summed E-state index contributed by atoms with van der Waals surface area (Å²) in [5, 5.41) is 5.64. The van der Waals surface area contributed by atoms with Crippen molar-refractivity contribution in [1.29, 1.82) is 0 Å². The fourth-order valence-electron chi connectivity index (χ4n) is 2.70. The summed E-state index contributed by atoms with van der Waals surface area (Å²) in [6.45, 7) is 5.99. The van der Waals surface area contributed by atoms with Gasteiger partial charge in [-0.3, -0.25) is 0 Å². The maximum atomic E-state index is 4.66. The summed E-state index contributed by atoms with van der Waals surface area (Å²) in [7, 11) is 0. The van der Waals surface area contributed by atoms with Gasteiger partial charge >= 0.3 is 0 Å². The Hall–Kier alpha value is -3.08. The third-order valence-electron chi connectivity index (χ3n) is 4.00. The summed E-state index contributed by atoms with van der Waals surface area (Å²) in [5.74, 6) is 1.47. The van der Waals surface area contributed by atoms with Crippen LogP contribution in [0.5, 0.6) is 0 Å². The molecule has 0 aliphatic heterocycles. The molecule has 0 radical (unpaired) electrons. The van der Waals surface area contributed by atoms with Crippen molar-refractivity contribution in [2.24, 2.45) is 0 Å². The number of pyridine rings is 1. The first-order valence-electron chi connectivity index (χ1n) is 7.85. The molecule has 0 spiro atoms. The molecule has 0 amide bonds. The number of aryl methyl sites for hydroxylation is 3. The second-order valence-electron chi connectivity index (χ2n) is 5.96. The predicted octanol–water partition coefficient (Wildman–Crippen LogP) is 3.77. The van der Waals surface area contributed by atoms with Crippen LogP contribution in [-0.4, -0.2) is 24.6 Å². The third-order valence-corrected chi connectivity index (χ3v) is 4.00. The van der Waals surface area contributed by atoms with E-state index >= 15 is 0 Å². The van der Waals surface area contributed by atoms with E-state index in [1.165, 1.54) is 5.56 Å². The molecular weight excluding hydrogens is 298 g/mol. The summed E-state index contributed by atoms with van der Waals surface area (Å²) in [6.07, 6.45) is 5.64. The molecule has 1 aromatic carbocycles. The van der Waals surface area contributed by atoms with Gasteiger partial charge in [0.05, 0.1) is 11.2 Å². The molecule has 4 aromatic rings. The van der Waals surface area contributed by atoms with Crippen molar-refractivity contribution in [3.63, 3.8) is 0 Å². The fraction of sp³-hybridized carbons (Fsp3) is 0.158. The topological polar surface area (TPSA) is 56.0 Å². The molecule has 0 saturated carbocycles. The van der Waals surface area contributed by atoms with Gasteiger partial charge in [0.2, 0.25) is 0 Å². The summed E-state index contributed by atoms with van der Waals surface area (Å²) in [4.78, 5) is 13.5. The quantitative estimate of drug-likeness (QED) is 0.565. The van der Waals surface area contributed by atoms with E-state index < -0.39 is 0 Å². The molecule has 0 saturated heterocycles. The maximum absolute atomic E-state index is 4.66. The largest absolute Gasteiger partial charge is 0.248 e. The van der Waals surface area contributed by atoms with Gasteiger partial charge in [-0.2, -0.15) is 4.52 Å². The fourth-order valence-corrected chi connectivity index (χ4v) is 2.70. The Morgan fingerprint density at radius 2 is 1.83 bits per heavy atom. The Morgan fingerprint density at radius 3 is 2.67 bits per heavy atom. The Morgan fingerprint density at radius 1 is 0.958 bits per heavy atom. The Bertz CT molecular complexity index is 1050. The van der Waals surface area contributed by atoms with E-state index in [1.807, 2.05) is 44.3 Å². The molecule has 0 N–H and O–H groups in total. The van der Waals surface area contributed by atoms with Crippen LogP contribution in [0.15, 0.2) is 36.5 Å². The van der Waals surface area contributed by atoms with E-state index in [0.29, 0.717) is 5.82 Å². The molecule has 3 aromatic heterocycles. The molecule has 5 heteroatoms. The highest BCUT2D eigenvalue weighted by Gasteiger charge is 2.06. The molecule has 3 heterocycles. The van der Waals surface area contributed by atoms with Crippen LogP contribution in [0.25, 0.3) is 28.7 Å². The molecular formula is C19H17N5. The van der Waals surface area contributed by atoms with Crippen molar-refractivity contribution in [2.75, 3.05) is 0 Å². The van der Waals surface area contributed by atoms with Crippen LogP contribution in [0.3, 0.4) is 0 Å². The Balaban J connectivity index is 1.71. The molecule has 5 nitrogen and oxygen atoms in total. The molecule has 0 aliphatic carbocycles. The molecule has 0 atom stereocenters. The molecule has 0 bridgehead atoms. The van der Waals surface area contributed by atoms with E-state index in [9.17, 15) is 0 Å². The summed E-state index contributed by atoms with van der Waals surface area (Å²) >= 11 is 0. The highest BCUT2D eigenvalue weighted by molar-refractivity contribution is 5.81. The monoisotopic (exact) mass is 315 g/mol. The number of nitrogens with zero attached hydrogens (tertiary/aromatic N) is 5. The zero-order valence-electron chi connectivity index (χ0n) is 13.9. The number of rotatable bonds is 2. The van der Waals surface area contributed by atoms with Crippen molar-refractivity contribution >= 4 is 28.7 Å². The van der Waals surface area contributed by atoms with Crippen molar-refractivity contribution in [3.8, 4) is 0 Å². The van der Waals surface area contributed by atoms with Crippen molar-refractivity contribution in [3.05, 3.63) is 65.0 Å². The van der Waals surface area contributed by atoms with Crippen LogP contribution in [-0.2, 0) is 0 Å². The van der Waals surface area contributed by atoms with E-state index in [4.69, 9.17) is 0 Å². The highest BCUT2D eigenvalue weighted by atomic mass is 15.3. The first-order valence-corrected chi connectivity index (χ1v) is 7.85. The van der Waals surface area contributed by atoms with Crippen molar-refractivity contribution in [1.82, 2.24) is 24.6 Å². The van der Waals surface area contributed by atoms with Crippen LogP contribution >= 0.6 is 0 Å². The lowest BCUT2D eigenvalue weighted by Crippen LogP contribution is -1.98. The van der Waals surface area contributed by atoms with E-state index in [0.717, 1.165) is 33.6 Å². The van der Waals surface area contributed by atoms with Crippen LogP contribution in [0.1, 0.15) is 28.5 Å². The van der Waals surface area contributed by atoms with Crippen molar-refractivity contribution < 1.29 is 0 Å². The second-order valence-corrected chi connectivity index (χ2v) is 5.96. The maximum Gasteiger partial charge on any atom is 0.175 e. The molecule has 0 unspecified atom stereocenters. The first-order chi connectivity index (χ1) is 11.6. The van der Waals surface area contributed by atoms with E-state index in [2.05, 4.69) is 45.2 Å². The standard InChI is InChI=1S/C19H17N5/c1-12-4-8-17-15(10-12)5-6-16(21-17)7-9-18-22-19-13(2)11-20-14(3)24(19)23-18/h4-11H,1-3H3/b9-7+. The van der Waals surface area contributed by atoms with E-state index in [-0.39, 0.29) is 0 Å². The number of hydrogen-bond donors (Lipinski definition) is 0. The molecule has 0 aliphatic rings. The van der Waals surface area contributed by atoms with Gasteiger partial charge in [0.25, 0.3) is 0 Å². The van der Waals surface area contributed by atoms with Gasteiger partial charge in [-0.15, -0.1) is 5.10 Å². The van der Waals surface area contributed by atoms with Crippen LogP contribution in [0, 0.1) is 20.8 Å². The van der Waals surface area contributed by atoms with Crippen LogP contribution in [0.2, 0.25) is 0 Å². The van der Waals surface area contributed by atoms with Gasteiger partial charge in [-0.05, 0) is 51.1 Å². The lowest BCUT2D eigenvalue weighted by molar-refractivity contribution is 0.854. The smallest absolute Gasteiger partial charge is 0.175 e. The van der Waals surface area contributed by atoms with Crippen molar-refractivity contribution in [2.45, 2.75) is 20.8 Å². The number of hydrogen-bond acceptors (Lipinski definition) is 4. The van der Waals surface area contributed by atoms with Gasteiger partial charge in [0, 0.05) is 17.1 Å². The average molecular weight is 315 g/mol.